The molecule has 0 aliphatic heterocycles. The van der Waals surface area contributed by atoms with Crippen molar-refractivity contribution in [2.45, 2.75) is 32.9 Å². The summed E-state index contributed by atoms with van der Waals surface area (Å²) in [5.74, 6) is 1.23. The van der Waals surface area contributed by atoms with Crippen molar-refractivity contribution in [3.8, 4) is 0 Å². The summed E-state index contributed by atoms with van der Waals surface area (Å²) in [6.45, 7) is 4.88. The van der Waals surface area contributed by atoms with E-state index in [2.05, 4.69) is 15.5 Å². The van der Waals surface area contributed by atoms with E-state index in [1.807, 2.05) is 42.7 Å². The van der Waals surface area contributed by atoms with Crippen LogP contribution in [-0.2, 0) is 11.3 Å². The summed E-state index contributed by atoms with van der Waals surface area (Å²) in [6, 6.07) is 9.54. The maximum absolute atomic E-state index is 12.3. The average molecular weight is 342 g/mol. The minimum Gasteiger partial charge on any atom is -0.383 e. The number of ether oxygens (including phenoxy) is 1. The summed E-state index contributed by atoms with van der Waals surface area (Å²) in [5.41, 5.74) is 2.23. The van der Waals surface area contributed by atoms with E-state index in [9.17, 15) is 4.79 Å². The largest absolute Gasteiger partial charge is 0.383 e. The molecule has 0 saturated carbocycles. The van der Waals surface area contributed by atoms with Crippen LogP contribution in [0.5, 0.6) is 0 Å². The fourth-order valence-electron chi connectivity index (χ4n) is 2.77. The van der Waals surface area contributed by atoms with E-state index >= 15 is 0 Å². The van der Waals surface area contributed by atoms with Crippen molar-refractivity contribution in [1.29, 1.82) is 0 Å². The van der Waals surface area contributed by atoms with Gasteiger partial charge in [0.05, 0.1) is 30.2 Å². The van der Waals surface area contributed by atoms with Gasteiger partial charge in [-0.2, -0.15) is 0 Å². The van der Waals surface area contributed by atoms with Crippen molar-refractivity contribution in [2.24, 2.45) is 0 Å². The van der Waals surface area contributed by atoms with Crippen LogP contribution in [0.1, 0.15) is 35.4 Å². The monoisotopic (exact) mass is 342 g/mol. The zero-order chi connectivity index (χ0) is 17.8. The number of hydrogen-bond donors (Lipinski definition) is 1. The summed E-state index contributed by atoms with van der Waals surface area (Å²) in [5, 5.41) is 6.78. The van der Waals surface area contributed by atoms with Crippen molar-refractivity contribution in [3.63, 3.8) is 0 Å². The van der Waals surface area contributed by atoms with E-state index < -0.39 is 0 Å². The highest BCUT2D eigenvalue weighted by Crippen LogP contribution is 2.17. The number of para-hydroxylation sites is 2. The Labute approximate surface area is 146 Å². The summed E-state index contributed by atoms with van der Waals surface area (Å²) < 4.78 is 12.5. The van der Waals surface area contributed by atoms with Gasteiger partial charge in [0.15, 0.2) is 11.5 Å². The number of methoxy groups -OCH3 is 1. The molecule has 2 aromatic heterocycles. The van der Waals surface area contributed by atoms with Gasteiger partial charge in [0, 0.05) is 13.2 Å². The van der Waals surface area contributed by atoms with Crippen LogP contribution in [-0.4, -0.2) is 40.4 Å². The Morgan fingerprint density at radius 1 is 1.40 bits per heavy atom. The number of hydrogen-bond acceptors (Lipinski definition) is 5. The lowest BCUT2D eigenvalue weighted by Gasteiger charge is -2.14. The lowest BCUT2D eigenvalue weighted by atomic mass is 10.2. The van der Waals surface area contributed by atoms with Gasteiger partial charge in [-0.1, -0.05) is 24.2 Å². The van der Waals surface area contributed by atoms with Crippen molar-refractivity contribution in [2.75, 3.05) is 13.7 Å². The van der Waals surface area contributed by atoms with Gasteiger partial charge in [0.1, 0.15) is 5.82 Å². The van der Waals surface area contributed by atoms with Crippen LogP contribution in [0.4, 0.5) is 0 Å². The average Bonchev–Trinajstić information content (AvgIpc) is 3.20. The first-order valence-corrected chi connectivity index (χ1v) is 8.29. The molecule has 1 aromatic carbocycles. The first-order chi connectivity index (χ1) is 12.1. The molecule has 0 aliphatic carbocycles. The maximum atomic E-state index is 12.3. The third-order valence-electron chi connectivity index (χ3n) is 4.15. The molecule has 0 saturated heterocycles. The number of amides is 1. The number of rotatable bonds is 7. The minimum atomic E-state index is -0.258. The van der Waals surface area contributed by atoms with Gasteiger partial charge in [0.25, 0.3) is 5.91 Å². The fourth-order valence-corrected chi connectivity index (χ4v) is 2.77. The molecule has 7 nitrogen and oxygen atoms in total. The second-order valence-electron chi connectivity index (χ2n) is 5.95. The summed E-state index contributed by atoms with van der Waals surface area (Å²) in [6.07, 6.45) is 0.782. The number of carbonyl (C=O) groups is 1. The Morgan fingerprint density at radius 3 is 2.96 bits per heavy atom. The molecule has 25 heavy (non-hydrogen) atoms. The molecule has 0 fully saturated rings. The van der Waals surface area contributed by atoms with Crippen LogP contribution in [0.2, 0.25) is 0 Å². The SMILES string of the molecule is CCC(COC)NC(=O)c1cc(Cn2c(C)nc3ccccc32)on1. The quantitative estimate of drug-likeness (QED) is 0.713. The minimum absolute atomic E-state index is 0.0440. The van der Waals surface area contributed by atoms with Gasteiger partial charge in [-0.05, 0) is 25.5 Å². The van der Waals surface area contributed by atoms with Gasteiger partial charge in [0.2, 0.25) is 0 Å². The number of aryl methyl sites for hydroxylation is 1. The Bertz CT molecular complexity index is 868. The molecule has 0 radical (unpaired) electrons. The molecule has 0 spiro atoms. The molecule has 1 unspecified atom stereocenters. The molecule has 1 N–H and O–H groups in total. The van der Waals surface area contributed by atoms with Crippen molar-refractivity contribution in [3.05, 3.63) is 47.6 Å². The number of benzene rings is 1. The Kier molecular flexibility index (Phi) is 5.14. The van der Waals surface area contributed by atoms with Crippen LogP contribution in [0.25, 0.3) is 11.0 Å². The molecule has 132 valence electrons. The van der Waals surface area contributed by atoms with E-state index in [4.69, 9.17) is 9.26 Å². The van der Waals surface area contributed by atoms with Crippen LogP contribution in [0.3, 0.4) is 0 Å². The Morgan fingerprint density at radius 2 is 2.20 bits per heavy atom. The molecule has 7 heteroatoms. The zero-order valence-electron chi connectivity index (χ0n) is 14.7. The summed E-state index contributed by atoms with van der Waals surface area (Å²) in [4.78, 5) is 16.8. The molecule has 0 bridgehead atoms. The lowest BCUT2D eigenvalue weighted by Crippen LogP contribution is -2.37. The summed E-state index contributed by atoms with van der Waals surface area (Å²) >= 11 is 0. The van der Waals surface area contributed by atoms with Crippen LogP contribution in [0, 0.1) is 6.92 Å². The highest BCUT2D eigenvalue weighted by Gasteiger charge is 2.17. The van der Waals surface area contributed by atoms with Gasteiger partial charge in [-0.25, -0.2) is 4.98 Å². The highest BCUT2D eigenvalue weighted by molar-refractivity contribution is 5.92. The van der Waals surface area contributed by atoms with Crippen molar-refractivity contribution < 1.29 is 14.1 Å². The summed E-state index contributed by atoms with van der Waals surface area (Å²) in [7, 11) is 1.61. The predicted octanol–water partition coefficient (Wildman–Crippen LogP) is 2.54. The van der Waals surface area contributed by atoms with E-state index in [0.717, 1.165) is 23.3 Å². The van der Waals surface area contributed by atoms with E-state index in [0.29, 0.717) is 18.9 Å². The van der Waals surface area contributed by atoms with Crippen LogP contribution >= 0.6 is 0 Å². The van der Waals surface area contributed by atoms with E-state index in [1.54, 1.807) is 13.2 Å². The number of fused-ring (bicyclic) bond motifs is 1. The van der Waals surface area contributed by atoms with Crippen LogP contribution in [0.15, 0.2) is 34.9 Å². The highest BCUT2D eigenvalue weighted by atomic mass is 16.5. The first-order valence-electron chi connectivity index (χ1n) is 8.29. The maximum Gasteiger partial charge on any atom is 0.273 e. The number of nitrogens with one attached hydrogen (secondary N) is 1. The van der Waals surface area contributed by atoms with Gasteiger partial charge < -0.3 is 19.1 Å². The van der Waals surface area contributed by atoms with Crippen LogP contribution < -0.4 is 5.32 Å². The Hall–Kier alpha value is -2.67. The second kappa shape index (κ2) is 7.48. The van der Waals surface area contributed by atoms with Gasteiger partial charge in [-0.15, -0.1) is 0 Å². The topological polar surface area (TPSA) is 82.2 Å². The molecular weight excluding hydrogens is 320 g/mol. The Balaban J connectivity index is 1.75. The first kappa shape index (κ1) is 17.2. The number of carbonyl (C=O) groups excluding carboxylic acids is 1. The number of aromatic nitrogens is 3. The molecule has 0 aliphatic rings. The fraction of sp³-hybridized carbons (Fsp3) is 0.389. The normalized spacial score (nSPS) is 12.4. The molecule has 3 aromatic rings. The van der Waals surface area contributed by atoms with E-state index in [-0.39, 0.29) is 17.6 Å². The lowest BCUT2D eigenvalue weighted by molar-refractivity contribution is 0.0885. The third kappa shape index (κ3) is 3.71. The van der Waals surface area contributed by atoms with Crippen molar-refractivity contribution in [1.82, 2.24) is 20.0 Å². The molecular formula is C18H22N4O3. The van der Waals surface area contributed by atoms with Gasteiger partial charge in [-0.3, -0.25) is 4.79 Å². The van der Waals surface area contributed by atoms with Gasteiger partial charge >= 0.3 is 0 Å². The molecule has 1 atom stereocenters. The smallest absolute Gasteiger partial charge is 0.273 e. The number of nitrogens with zero attached hydrogens (tertiary/aromatic N) is 3. The van der Waals surface area contributed by atoms with E-state index in [1.165, 1.54) is 0 Å². The molecule has 3 rings (SSSR count). The molecule has 2 heterocycles. The number of imidazole rings is 1. The third-order valence-corrected chi connectivity index (χ3v) is 4.15. The second-order valence-corrected chi connectivity index (χ2v) is 5.95. The zero-order valence-corrected chi connectivity index (χ0v) is 14.7. The van der Waals surface area contributed by atoms with Crippen molar-refractivity contribution >= 4 is 16.9 Å². The molecule has 1 amide bonds. The predicted molar refractivity (Wildman–Crippen MR) is 93.5 cm³/mol. The standard InChI is InChI=1S/C18H22N4O3/c1-4-13(11-24-3)20-18(23)16-9-14(25-21-16)10-22-12(2)19-15-7-5-6-8-17(15)22/h5-9,13H,4,10-11H2,1-3H3,(H,20,23).